The Morgan fingerprint density at radius 2 is 1.89 bits per heavy atom. The van der Waals surface area contributed by atoms with E-state index in [-0.39, 0.29) is 12.5 Å². The van der Waals surface area contributed by atoms with Crippen LogP contribution in [0.4, 0.5) is 10.5 Å². The molecule has 104 valence electrons. The number of anilines is 1. The summed E-state index contributed by atoms with van der Waals surface area (Å²) in [6, 6.07) is 6.53. The summed E-state index contributed by atoms with van der Waals surface area (Å²) in [5.41, 5.74) is 1.36. The van der Waals surface area contributed by atoms with Gasteiger partial charge in [-0.1, -0.05) is 32.4 Å². The molecule has 2 amide bonds. The molecule has 1 atom stereocenters. The molecule has 0 radical (unpaired) electrons. The number of amides is 2. The van der Waals surface area contributed by atoms with Crippen molar-refractivity contribution in [2.75, 3.05) is 11.9 Å². The summed E-state index contributed by atoms with van der Waals surface area (Å²) in [5.74, 6) is -0.421. The number of carboxylic acids is 1. The van der Waals surface area contributed by atoms with Crippen LogP contribution in [-0.2, 0) is 11.2 Å². The van der Waals surface area contributed by atoms with Crippen molar-refractivity contribution in [1.29, 1.82) is 0 Å². The highest BCUT2D eigenvalue weighted by molar-refractivity contribution is 5.89. The molecule has 0 bridgehead atoms. The lowest BCUT2D eigenvalue weighted by Crippen LogP contribution is -2.32. The van der Waals surface area contributed by atoms with E-state index in [4.69, 9.17) is 5.11 Å². The number of rotatable bonds is 6. The molecule has 19 heavy (non-hydrogen) atoms. The Labute approximate surface area is 113 Å². The molecule has 1 unspecified atom stereocenters. The quantitative estimate of drug-likeness (QED) is 0.738. The van der Waals surface area contributed by atoms with E-state index < -0.39 is 5.97 Å². The van der Waals surface area contributed by atoms with Gasteiger partial charge in [0.25, 0.3) is 0 Å². The number of nitrogens with one attached hydrogen (secondary N) is 2. The summed E-state index contributed by atoms with van der Waals surface area (Å²) in [6.45, 7) is 4.78. The van der Waals surface area contributed by atoms with Crippen molar-refractivity contribution < 1.29 is 14.7 Å². The molecule has 1 aromatic rings. The summed E-state index contributed by atoms with van der Waals surface area (Å²) in [7, 11) is 0. The molecule has 5 nitrogen and oxygen atoms in total. The predicted octanol–water partition coefficient (Wildman–Crippen LogP) is 2.48. The lowest BCUT2D eigenvalue weighted by Gasteiger charge is -2.11. The molecule has 3 N–H and O–H groups in total. The van der Waals surface area contributed by atoms with Crippen LogP contribution in [0.25, 0.3) is 0 Å². The average Bonchev–Trinajstić information content (AvgIpc) is 2.37. The number of carbonyl (C=O) groups excluding carboxylic acids is 1. The topological polar surface area (TPSA) is 78.4 Å². The van der Waals surface area contributed by atoms with Crippen molar-refractivity contribution in [1.82, 2.24) is 5.32 Å². The van der Waals surface area contributed by atoms with Gasteiger partial charge < -0.3 is 15.7 Å². The second-order valence-corrected chi connectivity index (χ2v) is 4.62. The highest BCUT2D eigenvalue weighted by Gasteiger charge is 2.05. The lowest BCUT2D eigenvalue weighted by molar-refractivity contribution is -0.136. The van der Waals surface area contributed by atoms with Crippen LogP contribution in [0.15, 0.2) is 24.3 Å². The fourth-order valence-corrected chi connectivity index (χ4v) is 1.47. The van der Waals surface area contributed by atoms with Gasteiger partial charge in [-0.25, -0.2) is 4.79 Å². The van der Waals surface area contributed by atoms with E-state index >= 15 is 0 Å². The molecule has 0 aliphatic carbocycles. The molecular weight excluding hydrogens is 244 g/mol. The Morgan fingerprint density at radius 1 is 1.26 bits per heavy atom. The predicted molar refractivity (Wildman–Crippen MR) is 74.3 cm³/mol. The molecule has 1 rings (SSSR count). The van der Waals surface area contributed by atoms with Crippen LogP contribution in [-0.4, -0.2) is 23.7 Å². The Hall–Kier alpha value is -2.04. The highest BCUT2D eigenvalue weighted by atomic mass is 16.4. The van der Waals surface area contributed by atoms with Crippen molar-refractivity contribution in [3.8, 4) is 0 Å². The number of benzene rings is 1. The first-order valence-corrected chi connectivity index (χ1v) is 6.36. The third-order valence-electron chi connectivity index (χ3n) is 2.88. The number of carboxylic acid groups (broad SMARTS) is 1. The van der Waals surface area contributed by atoms with E-state index in [1.807, 2.05) is 0 Å². The van der Waals surface area contributed by atoms with Crippen LogP contribution in [0.2, 0.25) is 0 Å². The van der Waals surface area contributed by atoms with Crippen molar-refractivity contribution in [3.05, 3.63) is 29.8 Å². The monoisotopic (exact) mass is 264 g/mol. The molecule has 0 saturated carbocycles. The second-order valence-electron chi connectivity index (χ2n) is 4.62. The molecule has 0 aromatic heterocycles. The minimum atomic E-state index is -0.869. The van der Waals surface area contributed by atoms with Crippen molar-refractivity contribution in [2.45, 2.75) is 26.7 Å². The molecule has 0 aliphatic heterocycles. The van der Waals surface area contributed by atoms with Crippen LogP contribution in [0.3, 0.4) is 0 Å². The van der Waals surface area contributed by atoms with Gasteiger partial charge in [0, 0.05) is 12.2 Å². The summed E-state index contributed by atoms with van der Waals surface area (Å²) >= 11 is 0. The maximum atomic E-state index is 11.6. The average molecular weight is 264 g/mol. The van der Waals surface area contributed by atoms with Gasteiger partial charge >= 0.3 is 12.0 Å². The molecular formula is C14H20N2O3. The number of aliphatic carboxylic acids is 1. The molecule has 0 spiro atoms. The zero-order valence-corrected chi connectivity index (χ0v) is 11.3. The van der Waals surface area contributed by atoms with E-state index in [0.29, 0.717) is 23.7 Å². The van der Waals surface area contributed by atoms with Gasteiger partial charge in [0.15, 0.2) is 0 Å². The van der Waals surface area contributed by atoms with Crippen molar-refractivity contribution in [3.63, 3.8) is 0 Å². The largest absolute Gasteiger partial charge is 0.481 e. The summed E-state index contributed by atoms with van der Waals surface area (Å²) in [4.78, 5) is 22.1. The number of hydrogen-bond donors (Lipinski definition) is 3. The third kappa shape index (κ3) is 5.90. The van der Waals surface area contributed by atoms with Gasteiger partial charge in [0.05, 0.1) is 6.42 Å². The van der Waals surface area contributed by atoms with Gasteiger partial charge in [0.2, 0.25) is 0 Å². The second kappa shape index (κ2) is 7.41. The molecule has 1 aromatic carbocycles. The van der Waals surface area contributed by atoms with Crippen LogP contribution in [0.5, 0.6) is 0 Å². The van der Waals surface area contributed by atoms with Crippen molar-refractivity contribution >= 4 is 17.7 Å². The molecule has 0 saturated heterocycles. The highest BCUT2D eigenvalue weighted by Crippen LogP contribution is 2.10. The fourth-order valence-electron chi connectivity index (χ4n) is 1.47. The standard InChI is InChI=1S/C14H20N2O3/c1-3-10(2)9-15-14(19)16-12-6-4-11(5-7-12)8-13(17)18/h4-7,10H,3,8-9H2,1-2H3,(H,17,18)(H2,15,16,19). The SMILES string of the molecule is CCC(C)CNC(=O)Nc1ccc(CC(=O)O)cc1. The molecule has 5 heteroatoms. The van der Waals surface area contributed by atoms with E-state index in [0.717, 1.165) is 6.42 Å². The maximum absolute atomic E-state index is 11.6. The van der Waals surface area contributed by atoms with E-state index in [1.165, 1.54) is 0 Å². The lowest BCUT2D eigenvalue weighted by atomic mass is 10.1. The summed E-state index contributed by atoms with van der Waals surface area (Å²) in [5, 5.41) is 14.1. The molecule has 0 fully saturated rings. The summed E-state index contributed by atoms with van der Waals surface area (Å²) in [6.07, 6.45) is 1.00. The van der Waals surface area contributed by atoms with E-state index in [9.17, 15) is 9.59 Å². The van der Waals surface area contributed by atoms with Crippen LogP contribution in [0, 0.1) is 5.92 Å². The van der Waals surface area contributed by atoms with Gasteiger partial charge in [0.1, 0.15) is 0 Å². The van der Waals surface area contributed by atoms with E-state index in [2.05, 4.69) is 24.5 Å². The zero-order valence-electron chi connectivity index (χ0n) is 11.3. The minimum absolute atomic E-state index is 0.0134. The normalized spacial score (nSPS) is 11.7. The molecule has 0 heterocycles. The van der Waals surface area contributed by atoms with Gasteiger partial charge in [-0.2, -0.15) is 0 Å². The van der Waals surface area contributed by atoms with Crippen molar-refractivity contribution in [2.24, 2.45) is 5.92 Å². The number of hydrogen-bond acceptors (Lipinski definition) is 2. The van der Waals surface area contributed by atoms with Gasteiger partial charge in [-0.3, -0.25) is 4.79 Å². The number of urea groups is 1. The van der Waals surface area contributed by atoms with Crippen LogP contribution < -0.4 is 10.6 Å². The Bertz CT molecular complexity index is 429. The fraction of sp³-hybridized carbons (Fsp3) is 0.429. The minimum Gasteiger partial charge on any atom is -0.481 e. The summed E-state index contributed by atoms with van der Waals surface area (Å²) < 4.78 is 0. The van der Waals surface area contributed by atoms with E-state index in [1.54, 1.807) is 24.3 Å². The first-order chi connectivity index (χ1) is 9.01. The Balaban J connectivity index is 2.44. The molecule has 0 aliphatic rings. The van der Waals surface area contributed by atoms with Gasteiger partial charge in [-0.15, -0.1) is 0 Å². The van der Waals surface area contributed by atoms with Crippen LogP contribution in [0.1, 0.15) is 25.8 Å². The number of carbonyl (C=O) groups is 2. The Kier molecular flexibility index (Phi) is 5.85. The first-order valence-electron chi connectivity index (χ1n) is 6.36. The van der Waals surface area contributed by atoms with Gasteiger partial charge in [-0.05, 0) is 23.6 Å². The first kappa shape index (κ1) is 15.0. The maximum Gasteiger partial charge on any atom is 0.319 e. The zero-order chi connectivity index (χ0) is 14.3. The third-order valence-corrected chi connectivity index (χ3v) is 2.88. The van der Waals surface area contributed by atoms with Crippen LogP contribution >= 0.6 is 0 Å². The Morgan fingerprint density at radius 3 is 2.42 bits per heavy atom. The smallest absolute Gasteiger partial charge is 0.319 e.